The molecular formula is C46H63N6O8S+. The lowest BCUT2D eigenvalue weighted by molar-refractivity contribution is -0.133. The summed E-state index contributed by atoms with van der Waals surface area (Å²) in [4.78, 5) is 60.9. The van der Waals surface area contributed by atoms with Gasteiger partial charge in [0.05, 0.1) is 22.9 Å². The Morgan fingerprint density at radius 3 is 1.85 bits per heavy atom. The van der Waals surface area contributed by atoms with Crippen LogP contribution in [0, 0.1) is 0 Å². The van der Waals surface area contributed by atoms with Gasteiger partial charge in [-0.05, 0) is 82.9 Å². The monoisotopic (exact) mass is 859 g/mol. The van der Waals surface area contributed by atoms with Gasteiger partial charge in [0.2, 0.25) is 17.7 Å². The molecule has 330 valence electrons. The number of hydrogen-bond donors (Lipinski definition) is 3. The van der Waals surface area contributed by atoms with Crippen LogP contribution in [0.1, 0.15) is 89.9 Å². The van der Waals surface area contributed by atoms with Gasteiger partial charge in [0.15, 0.2) is 0 Å². The molecule has 1 fully saturated rings. The largest absolute Gasteiger partial charge is 0.372 e. The molecule has 4 aromatic rings. The summed E-state index contributed by atoms with van der Waals surface area (Å²) in [7, 11) is -4.52. The Hall–Kier alpha value is -5.28. The fourth-order valence-corrected chi connectivity index (χ4v) is 8.69. The first-order chi connectivity index (χ1) is 29.3. The zero-order valence-electron chi connectivity index (χ0n) is 36.4. The third-order valence-corrected chi connectivity index (χ3v) is 12.2. The molecule has 1 aliphatic rings. The summed E-state index contributed by atoms with van der Waals surface area (Å²) in [5.74, 6) is -2.34. The fourth-order valence-electron chi connectivity index (χ4n) is 8.04. The van der Waals surface area contributed by atoms with Crippen LogP contribution in [-0.2, 0) is 24.5 Å². The molecule has 0 radical (unpaired) electrons. The van der Waals surface area contributed by atoms with Crippen LogP contribution < -0.4 is 20.4 Å². The highest BCUT2D eigenvalue weighted by atomic mass is 32.2. The number of nitrogens with one attached hydrogen (secondary N) is 2. The van der Waals surface area contributed by atoms with Crippen LogP contribution in [0.5, 0.6) is 0 Å². The van der Waals surface area contributed by atoms with E-state index in [1.807, 2.05) is 31.2 Å². The number of hydrogen-bond acceptors (Lipinski definition) is 8. The smallest absolute Gasteiger partial charge is 0.363 e. The second-order valence-corrected chi connectivity index (χ2v) is 17.0. The number of rotatable bonds is 21. The second-order valence-electron chi connectivity index (χ2n) is 15.5. The van der Waals surface area contributed by atoms with Crippen LogP contribution in [0.25, 0.3) is 33.1 Å². The maximum absolute atomic E-state index is 14.4. The number of carbonyl (C=O) groups excluding carboxylic acids is 4. The van der Waals surface area contributed by atoms with E-state index in [0.717, 1.165) is 83.5 Å². The van der Waals surface area contributed by atoms with Crippen LogP contribution in [0.3, 0.4) is 0 Å². The minimum atomic E-state index is -4.52. The van der Waals surface area contributed by atoms with Crippen LogP contribution in [0.4, 0.5) is 11.4 Å². The fraction of sp³-hybridized carbons (Fsp3) is 0.500. The highest BCUT2D eigenvalue weighted by molar-refractivity contribution is 7.85. The lowest BCUT2D eigenvalue weighted by Crippen LogP contribution is -2.50. The van der Waals surface area contributed by atoms with Crippen molar-refractivity contribution in [3.05, 3.63) is 66.2 Å². The third-order valence-electron chi connectivity index (χ3n) is 11.4. The average Bonchev–Trinajstić information content (AvgIpc) is 3.25. The van der Waals surface area contributed by atoms with E-state index in [1.165, 1.54) is 0 Å². The van der Waals surface area contributed by atoms with Crippen molar-refractivity contribution in [2.75, 3.05) is 74.5 Å². The van der Waals surface area contributed by atoms with Gasteiger partial charge in [-0.2, -0.15) is 8.42 Å². The first-order valence-corrected chi connectivity index (χ1v) is 23.4. The summed E-state index contributed by atoms with van der Waals surface area (Å²) in [6.45, 7) is 15.8. The summed E-state index contributed by atoms with van der Waals surface area (Å²) in [5.41, 5.74) is 5.91. The van der Waals surface area contributed by atoms with E-state index in [0.29, 0.717) is 57.5 Å². The zero-order chi connectivity index (χ0) is 44.1. The molecule has 2 heterocycles. The Kier molecular flexibility index (Phi) is 16.9. The van der Waals surface area contributed by atoms with Crippen molar-refractivity contribution in [3.63, 3.8) is 0 Å². The molecule has 0 spiro atoms. The van der Waals surface area contributed by atoms with Crippen LogP contribution >= 0.6 is 0 Å². The van der Waals surface area contributed by atoms with E-state index >= 15 is 0 Å². The average molecular weight is 860 g/mol. The highest BCUT2D eigenvalue weighted by Gasteiger charge is 2.30. The van der Waals surface area contributed by atoms with Gasteiger partial charge >= 0.3 is 11.2 Å². The molecule has 0 bridgehead atoms. The molecule has 3 N–H and O–H groups in total. The van der Waals surface area contributed by atoms with E-state index in [1.54, 1.807) is 9.80 Å². The molecule has 1 atom stereocenters. The quantitative estimate of drug-likeness (QED) is 0.0353. The predicted octanol–water partition coefficient (Wildman–Crippen LogP) is 6.75. The minimum Gasteiger partial charge on any atom is -0.372 e. The van der Waals surface area contributed by atoms with Crippen molar-refractivity contribution in [1.29, 1.82) is 0 Å². The summed E-state index contributed by atoms with van der Waals surface area (Å²) in [6, 6.07) is 18.9. The van der Waals surface area contributed by atoms with Crippen LogP contribution in [-0.4, -0.2) is 117 Å². The number of benzene rings is 3. The maximum atomic E-state index is 14.4. The summed E-state index contributed by atoms with van der Waals surface area (Å²) in [6.07, 6.45) is 3.45. The van der Waals surface area contributed by atoms with Gasteiger partial charge in [-0.3, -0.25) is 23.7 Å². The van der Waals surface area contributed by atoms with E-state index in [4.69, 9.17) is 4.42 Å². The lowest BCUT2D eigenvalue weighted by Gasteiger charge is -2.35. The molecule has 61 heavy (non-hydrogen) atoms. The summed E-state index contributed by atoms with van der Waals surface area (Å²) in [5, 5.41) is 6.85. The number of piperazine rings is 1. The van der Waals surface area contributed by atoms with Crippen molar-refractivity contribution in [3.8, 4) is 11.1 Å². The number of carbonyl (C=O) groups is 4. The molecule has 0 saturated carbocycles. The molecule has 1 unspecified atom stereocenters. The van der Waals surface area contributed by atoms with Crippen LogP contribution in [0.2, 0.25) is 0 Å². The standard InChI is InChI=1S/C46H62N6O8S/c1-6-11-16-25-47-45(55)39(32-61(57,58)59)48-42(53)19-14-15-20-43(54)51-26-28-52(29-27-51)46(56)36-18-13-12-17-35(36)44-37-23-21-33(49(7-2)8-3)30-40(37)60-41-31-34(22-24-38(41)44)50(9-4)10-5/h12-13,17-18,21-24,30-31,39H,6-11,14-16,19-20,25-29,32H2,1-5H3,(H2-,47,48,53,55,57,58,59)/p+1. The number of unbranched alkanes of at least 4 members (excludes halogenated alkanes) is 3. The lowest BCUT2D eigenvalue weighted by atomic mass is 9.92. The minimum absolute atomic E-state index is 0.0195. The molecular weight excluding hydrogens is 797 g/mol. The molecule has 5 rings (SSSR count). The van der Waals surface area contributed by atoms with Crippen molar-refractivity contribution in [2.45, 2.75) is 85.6 Å². The molecule has 15 heteroatoms. The van der Waals surface area contributed by atoms with Gasteiger partial charge in [-0.15, -0.1) is 0 Å². The van der Waals surface area contributed by atoms with E-state index in [9.17, 15) is 32.1 Å². The van der Waals surface area contributed by atoms with Gasteiger partial charge in [0.1, 0.15) is 11.8 Å². The van der Waals surface area contributed by atoms with Crippen molar-refractivity contribution in [1.82, 2.24) is 20.4 Å². The van der Waals surface area contributed by atoms with Crippen LogP contribution in [0.15, 0.2) is 65.1 Å². The first kappa shape index (κ1) is 46.8. The molecule has 14 nitrogen and oxygen atoms in total. The van der Waals surface area contributed by atoms with E-state index in [2.05, 4.69) is 84.5 Å². The Balaban J connectivity index is 1.25. The van der Waals surface area contributed by atoms with Gasteiger partial charge < -0.3 is 30.2 Å². The van der Waals surface area contributed by atoms with Gasteiger partial charge in [0, 0.05) is 94.2 Å². The molecule has 1 aliphatic heterocycles. The molecule has 3 aromatic carbocycles. The van der Waals surface area contributed by atoms with Crippen molar-refractivity contribution in [2.24, 2.45) is 0 Å². The number of fused-ring (bicyclic) bond motifs is 2. The number of anilines is 2. The molecule has 1 aromatic heterocycles. The Labute approximate surface area is 360 Å². The topological polar surface area (TPSA) is 171 Å². The van der Waals surface area contributed by atoms with Gasteiger partial charge in [-0.25, -0.2) is 4.42 Å². The third kappa shape index (κ3) is 12.2. The predicted molar refractivity (Wildman–Crippen MR) is 243 cm³/mol. The normalized spacial score (nSPS) is 13.6. The van der Waals surface area contributed by atoms with Gasteiger partial charge in [0.25, 0.3) is 16.0 Å². The molecule has 0 aliphatic carbocycles. The van der Waals surface area contributed by atoms with E-state index < -0.39 is 33.7 Å². The second kappa shape index (κ2) is 22.0. The summed E-state index contributed by atoms with van der Waals surface area (Å²) < 4.78 is 39.0. The Morgan fingerprint density at radius 1 is 0.738 bits per heavy atom. The molecule has 4 amide bonds. The van der Waals surface area contributed by atoms with Crippen molar-refractivity contribution >= 4 is 67.1 Å². The SMILES string of the molecule is CCCCCNC(=O)C(CS(=O)(=O)O)NC(=O)CCCCC(=O)N1CCN(C(=O)c2ccccc2-c2c3ccc(N(CC)CC)cc3[o+]c3cc(N(CC)CC)ccc23)CC1. The number of amides is 4. The Bertz CT molecular complexity index is 2200. The van der Waals surface area contributed by atoms with E-state index in [-0.39, 0.29) is 24.7 Å². The summed E-state index contributed by atoms with van der Waals surface area (Å²) >= 11 is 0. The van der Waals surface area contributed by atoms with Gasteiger partial charge in [-0.1, -0.05) is 38.0 Å². The Morgan fingerprint density at radius 2 is 1.30 bits per heavy atom. The zero-order valence-corrected chi connectivity index (χ0v) is 37.2. The maximum Gasteiger partial charge on any atom is 0.363 e. The highest BCUT2D eigenvalue weighted by Crippen LogP contribution is 2.41. The first-order valence-electron chi connectivity index (χ1n) is 21.8. The number of nitrogens with zero attached hydrogens (tertiary/aromatic N) is 4. The van der Waals surface area contributed by atoms with Crippen molar-refractivity contribution < 1.29 is 36.6 Å². The molecule has 1 saturated heterocycles.